The Labute approximate surface area is 154 Å². The molecular formula is C18H28N4O4. The summed E-state index contributed by atoms with van der Waals surface area (Å²) < 4.78 is 10.3. The zero-order chi connectivity index (χ0) is 19.2. The Kier molecular flexibility index (Phi) is 6.65. The van der Waals surface area contributed by atoms with Crippen LogP contribution < -0.4 is 15.4 Å². The minimum Gasteiger partial charge on any atom is -0.481 e. The molecule has 1 saturated heterocycles. The lowest BCUT2D eigenvalue weighted by molar-refractivity contribution is 0.0479. The molecule has 8 nitrogen and oxygen atoms in total. The molecule has 3 amide bonds. The SMILES string of the molecule is COc1ccc(CNC(=O)N2CCC[C@H](NC(=O)OC(C)(C)C)C2)cn1. The fourth-order valence-corrected chi connectivity index (χ4v) is 2.68. The van der Waals surface area contributed by atoms with E-state index in [1.54, 1.807) is 24.3 Å². The first-order valence-electron chi connectivity index (χ1n) is 8.78. The van der Waals surface area contributed by atoms with Crippen LogP contribution in [0.25, 0.3) is 0 Å². The van der Waals surface area contributed by atoms with Crippen molar-refractivity contribution in [3.63, 3.8) is 0 Å². The highest BCUT2D eigenvalue weighted by molar-refractivity contribution is 5.74. The second-order valence-electron chi connectivity index (χ2n) is 7.30. The van der Waals surface area contributed by atoms with Crippen LogP contribution in [0.1, 0.15) is 39.2 Å². The van der Waals surface area contributed by atoms with Gasteiger partial charge in [-0.2, -0.15) is 0 Å². The highest BCUT2D eigenvalue weighted by atomic mass is 16.6. The number of rotatable bonds is 4. The summed E-state index contributed by atoms with van der Waals surface area (Å²) in [5.41, 5.74) is 0.349. The maximum Gasteiger partial charge on any atom is 0.407 e. The van der Waals surface area contributed by atoms with E-state index >= 15 is 0 Å². The molecule has 0 saturated carbocycles. The van der Waals surface area contributed by atoms with E-state index in [0.29, 0.717) is 25.5 Å². The maximum absolute atomic E-state index is 12.4. The van der Waals surface area contributed by atoms with Gasteiger partial charge in [-0.3, -0.25) is 0 Å². The van der Waals surface area contributed by atoms with Crippen molar-refractivity contribution in [2.75, 3.05) is 20.2 Å². The molecule has 0 unspecified atom stereocenters. The molecule has 2 N–H and O–H groups in total. The maximum atomic E-state index is 12.4. The molecule has 8 heteroatoms. The number of methoxy groups -OCH3 is 1. The number of hydrogen-bond acceptors (Lipinski definition) is 5. The van der Waals surface area contributed by atoms with Crippen LogP contribution >= 0.6 is 0 Å². The lowest BCUT2D eigenvalue weighted by Gasteiger charge is -2.33. The van der Waals surface area contributed by atoms with Crippen LogP contribution in [0, 0.1) is 0 Å². The molecule has 1 aromatic heterocycles. The van der Waals surface area contributed by atoms with Crippen molar-refractivity contribution < 1.29 is 19.1 Å². The standard InChI is InChI=1S/C18H28N4O4/c1-18(2,3)26-17(24)21-14-6-5-9-22(12-14)16(23)20-11-13-7-8-15(25-4)19-10-13/h7-8,10,14H,5-6,9,11-12H2,1-4H3,(H,20,23)(H,21,24)/t14-/m0/s1. The molecule has 0 aliphatic carbocycles. The van der Waals surface area contributed by atoms with E-state index in [4.69, 9.17) is 9.47 Å². The summed E-state index contributed by atoms with van der Waals surface area (Å²) in [6, 6.07) is 3.35. The zero-order valence-corrected chi connectivity index (χ0v) is 15.9. The number of hydrogen-bond donors (Lipinski definition) is 2. The quantitative estimate of drug-likeness (QED) is 0.855. The van der Waals surface area contributed by atoms with Gasteiger partial charge in [0, 0.05) is 37.9 Å². The Hall–Kier alpha value is -2.51. The van der Waals surface area contributed by atoms with Gasteiger partial charge in [0.1, 0.15) is 5.60 Å². The first-order chi connectivity index (χ1) is 12.3. The number of piperidine rings is 1. The van der Waals surface area contributed by atoms with E-state index in [1.165, 1.54) is 0 Å². The number of nitrogens with zero attached hydrogens (tertiary/aromatic N) is 2. The van der Waals surface area contributed by atoms with E-state index in [9.17, 15) is 9.59 Å². The molecule has 0 bridgehead atoms. The van der Waals surface area contributed by atoms with Gasteiger partial charge in [-0.15, -0.1) is 0 Å². The predicted molar refractivity (Wildman–Crippen MR) is 97.0 cm³/mol. The minimum absolute atomic E-state index is 0.105. The van der Waals surface area contributed by atoms with Gasteiger partial charge in [0.05, 0.1) is 7.11 Å². The molecule has 2 rings (SSSR count). The van der Waals surface area contributed by atoms with E-state index in [0.717, 1.165) is 18.4 Å². The Bertz CT molecular complexity index is 613. The largest absolute Gasteiger partial charge is 0.481 e. The number of ether oxygens (including phenoxy) is 2. The Morgan fingerprint density at radius 3 is 2.73 bits per heavy atom. The number of pyridine rings is 1. The fourth-order valence-electron chi connectivity index (χ4n) is 2.68. The van der Waals surface area contributed by atoms with Crippen LogP contribution in [-0.2, 0) is 11.3 Å². The molecule has 1 fully saturated rings. The average Bonchev–Trinajstić information content (AvgIpc) is 2.58. The third-order valence-corrected chi connectivity index (χ3v) is 3.88. The van der Waals surface area contributed by atoms with Crippen molar-refractivity contribution in [2.24, 2.45) is 0 Å². The van der Waals surface area contributed by atoms with Crippen LogP contribution in [0.3, 0.4) is 0 Å². The van der Waals surface area contributed by atoms with E-state index in [-0.39, 0.29) is 12.1 Å². The Balaban J connectivity index is 1.80. The van der Waals surface area contributed by atoms with E-state index in [1.807, 2.05) is 26.8 Å². The number of carbonyl (C=O) groups is 2. The number of carbonyl (C=O) groups excluding carboxylic acids is 2. The van der Waals surface area contributed by atoms with Crippen LogP contribution in [0.15, 0.2) is 18.3 Å². The minimum atomic E-state index is -0.539. The van der Waals surface area contributed by atoms with Gasteiger partial charge in [0.25, 0.3) is 0 Å². The molecule has 144 valence electrons. The molecule has 0 radical (unpaired) electrons. The second-order valence-corrected chi connectivity index (χ2v) is 7.30. The molecule has 1 aromatic rings. The molecular weight excluding hydrogens is 336 g/mol. The van der Waals surface area contributed by atoms with Crippen molar-refractivity contribution in [1.29, 1.82) is 0 Å². The lowest BCUT2D eigenvalue weighted by atomic mass is 10.1. The number of urea groups is 1. The van der Waals surface area contributed by atoms with E-state index in [2.05, 4.69) is 15.6 Å². The molecule has 1 atom stereocenters. The van der Waals surface area contributed by atoms with Gasteiger partial charge in [0.15, 0.2) is 0 Å². The van der Waals surface area contributed by atoms with Gasteiger partial charge in [-0.25, -0.2) is 14.6 Å². The number of nitrogens with one attached hydrogen (secondary N) is 2. The number of amides is 3. The van der Waals surface area contributed by atoms with Gasteiger partial charge in [-0.1, -0.05) is 6.07 Å². The van der Waals surface area contributed by atoms with Crippen LogP contribution in [0.4, 0.5) is 9.59 Å². The molecule has 1 aliphatic rings. The molecule has 0 spiro atoms. The molecule has 0 aromatic carbocycles. The lowest BCUT2D eigenvalue weighted by Crippen LogP contribution is -2.52. The van der Waals surface area contributed by atoms with Crippen molar-refractivity contribution in [2.45, 2.75) is 51.8 Å². The molecule has 1 aliphatic heterocycles. The van der Waals surface area contributed by atoms with Crippen molar-refractivity contribution in [3.05, 3.63) is 23.9 Å². The number of alkyl carbamates (subject to hydrolysis) is 1. The zero-order valence-electron chi connectivity index (χ0n) is 15.9. The predicted octanol–water partition coefficient (Wildman–Crippen LogP) is 2.29. The molecule has 2 heterocycles. The van der Waals surface area contributed by atoms with Gasteiger partial charge >= 0.3 is 12.1 Å². The summed E-state index contributed by atoms with van der Waals surface area (Å²) in [6.45, 7) is 6.98. The van der Waals surface area contributed by atoms with Crippen molar-refractivity contribution in [3.8, 4) is 5.88 Å². The normalized spacial score (nSPS) is 17.4. The third kappa shape index (κ3) is 6.42. The topological polar surface area (TPSA) is 92.8 Å². The second kappa shape index (κ2) is 8.73. The third-order valence-electron chi connectivity index (χ3n) is 3.88. The fraction of sp³-hybridized carbons (Fsp3) is 0.611. The van der Waals surface area contributed by atoms with Crippen LogP contribution in [0.5, 0.6) is 5.88 Å². The first-order valence-corrected chi connectivity index (χ1v) is 8.78. The van der Waals surface area contributed by atoms with Crippen molar-refractivity contribution >= 4 is 12.1 Å². The summed E-state index contributed by atoms with van der Waals surface area (Å²) in [4.78, 5) is 30.1. The van der Waals surface area contributed by atoms with Crippen molar-refractivity contribution in [1.82, 2.24) is 20.5 Å². The smallest absolute Gasteiger partial charge is 0.407 e. The van der Waals surface area contributed by atoms with Gasteiger partial charge in [0.2, 0.25) is 5.88 Å². The summed E-state index contributed by atoms with van der Waals surface area (Å²) in [5.74, 6) is 0.534. The first kappa shape index (κ1) is 19.8. The number of likely N-dealkylation sites (tertiary alicyclic amines) is 1. The average molecular weight is 364 g/mol. The summed E-state index contributed by atoms with van der Waals surface area (Å²) in [7, 11) is 1.56. The van der Waals surface area contributed by atoms with Crippen LogP contribution in [0.2, 0.25) is 0 Å². The monoisotopic (exact) mass is 364 g/mol. The summed E-state index contributed by atoms with van der Waals surface area (Å²) in [5, 5.41) is 5.72. The van der Waals surface area contributed by atoms with Crippen LogP contribution in [-0.4, -0.2) is 53.9 Å². The Morgan fingerprint density at radius 2 is 2.12 bits per heavy atom. The van der Waals surface area contributed by atoms with Gasteiger partial charge < -0.3 is 25.0 Å². The Morgan fingerprint density at radius 1 is 1.35 bits per heavy atom. The summed E-state index contributed by atoms with van der Waals surface area (Å²) >= 11 is 0. The highest BCUT2D eigenvalue weighted by Gasteiger charge is 2.26. The summed E-state index contributed by atoms with van der Waals surface area (Å²) in [6.07, 6.45) is 2.88. The highest BCUT2D eigenvalue weighted by Crippen LogP contribution is 2.13. The van der Waals surface area contributed by atoms with Gasteiger partial charge in [-0.05, 0) is 39.2 Å². The van der Waals surface area contributed by atoms with E-state index < -0.39 is 11.7 Å². The molecule has 26 heavy (non-hydrogen) atoms. The number of aromatic nitrogens is 1.